The number of hydrogen-bond acceptors (Lipinski definition) is 12. The van der Waals surface area contributed by atoms with Gasteiger partial charge in [-0.05, 0) is 101 Å². The van der Waals surface area contributed by atoms with Crippen molar-refractivity contribution in [1.29, 1.82) is 0 Å². The van der Waals surface area contributed by atoms with Gasteiger partial charge in [-0.3, -0.25) is 52.7 Å². The van der Waals surface area contributed by atoms with Gasteiger partial charge in [0.15, 0.2) is 0 Å². The van der Waals surface area contributed by atoms with Crippen molar-refractivity contribution >= 4 is 65.0 Å². The quantitative estimate of drug-likeness (QED) is 0.146. The molecule has 0 aromatic heterocycles. The third kappa shape index (κ3) is 22.9. The number of nitrogens with one attached hydrogen (secondary N) is 4. The first-order valence-electron chi connectivity index (χ1n) is 31.2. The predicted octanol–water partition coefficient (Wildman–Crippen LogP) is 3.83. The molecule has 11 amide bonds. The lowest BCUT2D eigenvalue weighted by molar-refractivity contribution is -0.157. The standard InChI is InChI=1S/C64H113N11O12/c1-25-27-28-42(15)55(78)54-58(81)67-45(26-2)60(83)69(18)35-51(77)70(19)46(31-36(3)4)57(80)68-52(40(11)12)63(86)71(20)47(32-37(5)6)56(79)65-43(16)29-30-50(76)66-44(17)59(82)72(21)48(33-38(7)8)61(84)73(22)49(34-39(9)10)62(85)74(23)53(41(13)14)64(87)75(54)24/h25,27,29-30,36-49,52-55,78H,26,28,31-35H2,1-24H3,(H,65,79)(H,66,76)(H,67,81)(H,68,80)/b27-25+,30-29+/t42-,43+,44-,45+,46+,47+,48+,49+,52+,53+,54+,55-/m1/s1. The number of hydrogen-bond donors (Lipinski definition) is 5. The monoisotopic (exact) mass is 1230 g/mol. The van der Waals surface area contributed by atoms with E-state index < -0.39 is 156 Å². The Morgan fingerprint density at radius 2 is 0.943 bits per heavy atom. The molecule has 23 nitrogen and oxygen atoms in total. The van der Waals surface area contributed by atoms with Gasteiger partial charge < -0.3 is 60.7 Å². The Hall–Kier alpha value is -6.39. The van der Waals surface area contributed by atoms with E-state index in [-0.39, 0.29) is 55.8 Å². The Balaban J connectivity index is 4.28. The topological polar surface area (TPSA) is 279 Å². The molecule has 1 aliphatic heterocycles. The summed E-state index contributed by atoms with van der Waals surface area (Å²) in [5.41, 5.74) is 0. The molecule has 496 valence electrons. The molecule has 5 N–H and O–H groups in total. The molecule has 0 spiro atoms. The Bertz CT molecular complexity index is 2410. The van der Waals surface area contributed by atoms with Crippen LogP contribution in [0, 0.1) is 41.4 Å². The summed E-state index contributed by atoms with van der Waals surface area (Å²) in [7, 11) is 10.00. The van der Waals surface area contributed by atoms with Crippen LogP contribution in [0.15, 0.2) is 24.3 Å². The van der Waals surface area contributed by atoms with Crippen molar-refractivity contribution in [2.75, 3.05) is 55.9 Å². The fourth-order valence-corrected chi connectivity index (χ4v) is 10.8. The summed E-state index contributed by atoms with van der Waals surface area (Å²) < 4.78 is 0. The summed E-state index contributed by atoms with van der Waals surface area (Å²) in [5, 5.41) is 23.3. The molecule has 87 heavy (non-hydrogen) atoms. The largest absolute Gasteiger partial charge is 0.390 e. The maximum Gasteiger partial charge on any atom is 0.246 e. The lowest BCUT2D eigenvalue weighted by atomic mass is 9.91. The Morgan fingerprint density at radius 3 is 1.40 bits per heavy atom. The molecule has 0 unspecified atom stereocenters. The van der Waals surface area contributed by atoms with Crippen LogP contribution in [0.5, 0.6) is 0 Å². The van der Waals surface area contributed by atoms with Crippen molar-refractivity contribution in [1.82, 2.24) is 55.6 Å². The molecule has 0 aromatic rings. The third-order valence-electron chi connectivity index (χ3n) is 16.2. The second-order valence-electron chi connectivity index (χ2n) is 26.5. The van der Waals surface area contributed by atoms with Crippen molar-refractivity contribution < 1.29 is 57.8 Å². The summed E-state index contributed by atoms with van der Waals surface area (Å²) in [6.07, 6.45) is 5.74. The first-order chi connectivity index (χ1) is 40.2. The van der Waals surface area contributed by atoms with Crippen LogP contribution in [0.25, 0.3) is 0 Å². The maximum atomic E-state index is 15.1. The van der Waals surface area contributed by atoms with Gasteiger partial charge in [0, 0.05) is 61.5 Å². The zero-order chi connectivity index (χ0) is 67.4. The number of likely N-dealkylation sites (N-methyl/N-ethyl adjacent to an activating group) is 7. The molecule has 23 heteroatoms. The number of amides is 11. The minimum absolute atomic E-state index is 0.0215. The van der Waals surface area contributed by atoms with Crippen molar-refractivity contribution in [2.45, 2.75) is 223 Å². The van der Waals surface area contributed by atoms with E-state index in [0.29, 0.717) is 6.42 Å². The van der Waals surface area contributed by atoms with Gasteiger partial charge in [0.2, 0.25) is 65.0 Å². The molecule has 0 aromatic carbocycles. The number of nitrogens with zero attached hydrogens (tertiary/aromatic N) is 7. The van der Waals surface area contributed by atoms with Crippen molar-refractivity contribution in [2.24, 2.45) is 41.4 Å². The van der Waals surface area contributed by atoms with Crippen LogP contribution in [0.2, 0.25) is 0 Å². The van der Waals surface area contributed by atoms with Gasteiger partial charge in [0.05, 0.1) is 12.6 Å². The van der Waals surface area contributed by atoms with Crippen LogP contribution < -0.4 is 21.3 Å². The highest BCUT2D eigenvalue weighted by Gasteiger charge is 2.45. The molecule has 0 saturated carbocycles. The molecule has 0 fully saturated rings. The molecule has 12 atom stereocenters. The highest BCUT2D eigenvalue weighted by Crippen LogP contribution is 2.26. The molecule has 0 bridgehead atoms. The minimum atomic E-state index is -1.61. The lowest BCUT2D eigenvalue weighted by Crippen LogP contribution is -2.63. The van der Waals surface area contributed by atoms with Crippen LogP contribution in [0.4, 0.5) is 0 Å². The number of carbonyl (C=O) groups is 11. The van der Waals surface area contributed by atoms with E-state index >= 15 is 9.59 Å². The van der Waals surface area contributed by atoms with Gasteiger partial charge in [0.25, 0.3) is 0 Å². The molecule has 1 rings (SSSR count). The minimum Gasteiger partial charge on any atom is -0.390 e. The first kappa shape index (κ1) is 78.6. The smallest absolute Gasteiger partial charge is 0.246 e. The van der Waals surface area contributed by atoms with Crippen LogP contribution in [-0.4, -0.2) is 227 Å². The molecule has 1 heterocycles. The maximum absolute atomic E-state index is 15.1. The molecular formula is C64H113N11O12. The van der Waals surface area contributed by atoms with E-state index in [0.717, 1.165) is 9.80 Å². The summed E-state index contributed by atoms with van der Waals surface area (Å²) in [6, 6.07) is -11.6. The van der Waals surface area contributed by atoms with E-state index in [9.17, 15) is 48.3 Å². The number of aliphatic hydroxyl groups is 1. The van der Waals surface area contributed by atoms with Gasteiger partial charge in [0.1, 0.15) is 54.4 Å². The average Bonchev–Trinajstić information content (AvgIpc) is 2.09. The van der Waals surface area contributed by atoms with Crippen LogP contribution >= 0.6 is 0 Å². The highest BCUT2D eigenvalue weighted by molar-refractivity contribution is 5.99. The van der Waals surface area contributed by atoms with E-state index in [4.69, 9.17) is 0 Å². The summed E-state index contributed by atoms with van der Waals surface area (Å²) >= 11 is 0. The molecule has 0 saturated heterocycles. The number of aliphatic hydroxyl groups excluding tert-OH is 1. The number of rotatable bonds is 15. The lowest BCUT2D eigenvalue weighted by Gasteiger charge is -2.41. The summed E-state index contributed by atoms with van der Waals surface area (Å²) in [5.74, 6) is -9.26. The fraction of sp³-hybridized carbons (Fsp3) is 0.766. The van der Waals surface area contributed by atoms with E-state index in [1.807, 2.05) is 55.4 Å². The molecule has 1 aliphatic rings. The van der Waals surface area contributed by atoms with Gasteiger partial charge >= 0.3 is 0 Å². The van der Waals surface area contributed by atoms with Gasteiger partial charge in [-0.1, -0.05) is 115 Å². The van der Waals surface area contributed by atoms with Crippen molar-refractivity contribution in [3.05, 3.63) is 24.3 Å². The molecular weight excluding hydrogens is 1110 g/mol. The Labute approximate surface area is 520 Å². The highest BCUT2D eigenvalue weighted by atomic mass is 16.3. The van der Waals surface area contributed by atoms with E-state index in [1.165, 1.54) is 92.9 Å². The van der Waals surface area contributed by atoms with E-state index in [1.54, 1.807) is 67.5 Å². The first-order valence-corrected chi connectivity index (χ1v) is 31.2. The summed E-state index contributed by atoms with van der Waals surface area (Å²) in [4.78, 5) is 168. The van der Waals surface area contributed by atoms with Crippen molar-refractivity contribution in [3.8, 4) is 0 Å². The molecule has 0 radical (unpaired) electrons. The second-order valence-corrected chi connectivity index (χ2v) is 26.5. The average molecular weight is 1230 g/mol. The summed E-state index contributed by atoms with van der Waals surface area (Å²) in [6.45, 7) is 29.7. The number of carbonyl (C=O) groups excluding carboxylic acids is 11. The van der Waals surface area contributed by atoms with Crippen LogP contribution in [0.1, 0.15) is 156 Å². The predicted molar refractivity (Wildman–Crippen MR) is 338 cm³/mol. The SMILES string of the molecule is C/C=C/C[C@@H](C)[C@@H](O)[C@H]1C(=O)N[C@@H](CC)C(=O)N(C)CC(=O)N(C)[C@@H](CC(C)C)C(=O)N[C@@H](C(C)C)C(=O)N(C)[C@@H](CC(C)C)C(=O)N[C@@H](C)/C=C/C(=O)N[C@H](C)C(=O)N(C)[C@@H](CC(C)C)C(=O)N(C)[C@@H](CC(C)C)C(=O)N(C)[C@@H](C(C)C)C(=O)N1C. The third-order valence-corrected chi connectivity index (χ3v) is 16.2. The Kier molecular flexibility index (Phi) is 32.7. The van der Waals surface area contributed by atoms with Gasteiger partial charge in [-0.2, -0.15) is 0 Å². The van der Waals surface area contributed by atoms with Gasteiger partial charge in [-0.25, -0.2) is 0 Å². The number of allylic oxidation sites excluding steroid dienone is 2. The van der Waals surface area contributed by atoms with Crippen molar-refractivity contribution in [3.63, 3.8) is 0 Å². The fourth-order valence-electron chi connectivity index (χ4n) is 10.8. The van der Waals surface area contributed by atoms with Crippen LogP contribution in [-0.2, 0) is 52.7 Å². The zero-order valence-electron chi connectivity index (χ0n) is 57.2. The zero-order valence-corrected chi connectivity index (χ0v) is 57.2. The molecule has 0 aliphatic carbocycles. The van der Waals surface area contributed by atoms with E-state index in [2.05, 4.69) is 21.3 Å². The Morgan fingerprint density at radius 1 is 0.506 bits per heavy atom. The second kappa shape index (κ2) is 36.2. The van der Waals surface area contributed by atoms with Gasteiger partial charge in [-0.15, -0.1) is 0 Å². The normalized spacial score (nSPS) is 27.0. The van der Waals surface area contributed by atoms with Crippen LogP contribution in [0.3, 0.4) is 0 Å².